The Balaban J connectivity index is 3.07. The summed E-state index contributed by atoms with van der Waals surface area (Å²) in [5, 5.41) is 0. The third-order valence-electron chi connectivity index (χ3n) is 3.00. The summed E-state index contributed by atoms with van der Waals surface area (Å²) in [5.41, 5.74) is 0. The molecule has 1 aliphatic heterocycles. The van der Waals surface area contributed by atoms with E-state index in [-0.39, 0.29) is 0 Å². The van der Waals surface area contributed by atoms with Crippen LogP contribution in [0.1, 0.15) is 0 Å². The molecule has 0 amide bonds. The minimum absolute atomic E-state index is 1.41. The Labute approximate surface area is 156 Å². The Bertz CT molecular complexity index is 365. The van der Waals surface area contributed by atoms with Crippen molar-refractivity contribution in [3.63, 3.8) is 0 Å². The fourth-order valence-electron chi connectivity index (χ4n) is 3.12. The lowest BCUT2D eigenvalue weighted by atomic mass is 11.8. The first-order valence-electron chi connectivity index (χ1n) is 9.00. The average molecular weight is 439 g/mol. The zero-order valence-electron chi connectivity index (χ0n) is 18.0. The van der Waals surface area contributed by atoms with Gasteiger partial charge in [-0.2, -0.15) is 0 Å². The van der Waals surface area contributed by atoms with E-state index in [1.54, 1.807) is 0 Å². The molecular weight excluding hydrogens is 397 g/mol. The van der Waals surface area contributed by atoms with E-state index >= 15 is 0 Å². The topological polar surface area (TPSA) is 72.2 Å². The van der Waals surface area contributed by atoms with Crippen molar-refractivity contribution in [3.8, 4) is 0 Å². The minimum atomic E-state index is -2.04. The summed E-state index contributed by atoms with van der Waals surface area (Å²) < 4.78 is 24.3. The quantitative estimate of drug-likeness (QED) is 0.324. The summed E-state index contributed by atoms with van der Waals surface area (Å²) in [6.45, 7) is 28.6. The molecule has 24 heavy (non-hydrogen) atoms. The van der Waals surface area contributed by atoms with Crippen LogP contribution in [0.2, 0.25) is 78.6 Å². The van der Waals surface area contributed by atoms with Crippen molar-refractivity contribution < 1.29 is 0 Å². The molecule has 1 fully saturated rings. The largest absolute Gasteiger partial charge is 0.344 e. The van der Waals surface area contributed by atoms with E-state index in [2.05, 4.69) is 106 Å². The van der Waals surface area contributed by atoms with Crippen molar-refractivity contribution in [1.29, 1.82) is 0 Å². The molecular formula is C12H42N6Si6. The first kappa shape index (κ1) is 23.1. The van der Waals surface area contributed by atoms with E-state index in [4.69, 9.17) is 0 Å². The van der Waals surface area contributed by atoms with Gasteiger partial charge in [-0.25, -0.2) is 0 Å². The zero-order chi connectivity index (χ0) is 19.2. The van der Waals surface area contributed by atoms with Crippen LogP contribution >= 0.6 is 0 Å². The van der Waals surface area contributed by atoms with Gasteiger partial charge in [-0.05, 0) is 0 Å². The van der Waals surface area contributed by atoms with Gasteiger partial charge < -0.3 is 18.6 Å². The van der Waals surface area contributed by atoms with Crippen molar-refractivity contribution >= 4 is 50.4 Å². The van der Waals surface area contributed by atoms with Crippen LogP contribution in [-0.4, -0.2) is 50.4 Å². The highest BCUT2D eigenvalue weighted by molar-refractivity contribution is 7.14. The van der Waals surface area contributed by atoms with Crippen molar-refractivity contribution in [3.05, 3.63) is 0 Å². The summed E-state index contributed by atoms with van der Waals surface area (Å²) in [6, 6.07) is 0. The highest BCUT2D eigenvalue weighted by Crippen LogP contribution is 2.15. The van der Waals surface area contributed by atoms with Gasteiger partial charge in [0.25, 0.3) is 0 Å². The third kappa shape index (κ3) is 8.17. The number of nitrogens with one attached hydrogen (secondary N) is 6. The molecule has 1 heterocycles. The molecule has 6 N–H and O–H groups in total. The molecule has 1 saturated heterocycles. The van der Waals surface area contributed by atoms with Crippen LogP contribution in [0.5, 0.6) is 0 Å². The zero-order valence-corrected chi connectivity index (χ0v) is 24.0. The van der Waals surface area contributed by atoms with Gasteiger partial charge in [-0.1, -0.05) is 78.6 Å². The molecule has 0 bridgehead atoms. The molecule has 0 saturated carbocycles. The van der Waals surface area contributed by atoms with E-state index < -0.39 is 50.4 Å². The van der Waals surface area contributed by atoms with Gasteiger partial charge in [0.05, 0.1) is 0 Å². The molecule has 0 spiro atoms. The van der Waals surface area contributed by atoms with E-state index in [1.165, 1.54) is 0 Å². The Morgan fingerprint density at radius 3 is 0.708 bits per heavy atom. The van der Waals surface area contributed by atoms with Crippen LogP contribution in [0.4, 0.5) is 0 Å². The molecule has 0 aromatic rings. The third-order valence-corrected chi connectivity index (χ3v) is 27.0. The molecule has 12 heteroatoms. The molecule has 0 aliphatic carbocycles. The van der Waals surface area contributed by atoms with Gasteiger partial charge >= 0.3 is 17.4 Å². The maximum absolute atomic E-state index is 4.09. The second-order valence-electron chi connectivity index (χ2n) is 11.2. The Morgan fingerprint density at radius 2 is 0.583 bits per heavy atom. The molecule has 0 unspecified atom stereocenters. The fourth-order valence-corrected chi connectivity index (χ4v) is 33.8. The average Bonchev–Trinajstić information content (AvgIpc) is 1.99. The summed E-state index contributed by atoms with van der Waals surface area (Å²) in [6.07, 6.45) is 0. The molecule has 1 rings (SSSR count). The van der Waals surface area contributed by atoms with Gasteiger partial charge in [-0.15, -0.1) is 0 Å². The van der Waals surface area contributed by atoms with Crippen LogP contribution in [0.3, 0.4) is 0 Å². The van der Waals surface area contributed by atoms with Gasteiger partial charge in [-0.3, -0.25) is 9.30 Å². The molecule has 0 radical (unpaired) electrons. The van der Waals surface area contributed by atoms with Crippen LogP contribution in [-0.2, 0) is 0 Å². The Hall–Kier alpha value is 1.06. The lowest BCUT2D eigenvalue weighted by molar-refractivity contribution is 0.839. The first-order valence-corrected chi connectivity index (χ1v) is 27.0. The highest BCUT2D eigenvalue weighted by Gasteiger charge is 2.63. The molecule has 0 atom stereocenters. The van der Waals surface area contributed by atoms with Crippen LogP contribution in [0.15, 0.2) is 0 Å². The van der Waals surface area contributed by atoms with E-state index in [9.17, 15) is 0 Å². The summed E-state index contributed by atoms with van der Waals surface area (Å²) in [5.74, 6) is 0. The normalized spacial score (nSPS) is 21.5. The second-order valence-corrected chi connectivity index (χ2v) is 38.2. The highest BCUT2D eigenvalue weighted by atomic mass is 28.5. The van der Waals surface area contributed by atoms with Crippen molar-refractivity contribution in [1.82, 2.24) is 27.9 Å². The van der Waals surface area contributed by atoms with Crippen molar-refractivity contribution in [2.75, 3.05) is 0 Å². The summed E-state index contributed by atoms with van der Waals surface area (Å²) in [7, 11) is -9.71. The van der Waals surface area contributed by atoms with Crippen LogP contribution in [0.25, 0.3) is 0 Å². The second kappa shape index (κ2) is 6.90. The van der Waals surface area contributed by atoms with Gasteiger partial charge in [0.15, 0.2) is 0 Å². The van der Waals surface area contributed by atoms with E-state index in [0.717, 1.165) is 0 Å². The molecule has 6 nitrogen and oxygen atoms in total. The van der Waals surface area contributed by atoms with Gasteiger partial charge in [0.2, 0.25) is 0 Å². The van der Waals surface area contributed by atoms with E-state index in [1.807, 2.05) is 0 Å². The smallest absolute Gasteiger partial charge is 0.323 e. The molecule has 144 valence electrons. The summed E-state index contributed by atoms with van der Waals surface area (Å²) in [4.78, 5) is 0. The first-order chi connectivity index (χ1) is 10.2. The predicted molar refractivity (Wildman–Crippen MR) is 124 cm³/mol. The Kier molecular flexibility index (Phi) is 6.64. The minimum Gasteiger partial charge on any atom is -0.323 e. The van der Waals surface area contributed by atoms with Crippen molar-refractivity contribution in [2.24, 2.45) is 0 Å². The predicted octanol–water partition coefficient (Wildman–Crippen LogP) is 1.75. The molecule has 0 aromatic carbocycles. The van der Waals surface area contributed by atoms with Crippen LogP contribution in [0, 0.1) is 0 Å². The SMILES string of the molecule is C[Si](C)(C)N[Si]1(N[Si](C)(C)C)N[Si](N[Si](C)(C)C)(N[Si](C)(C)C)N1. The van der Waals surface area contributed by atoms with Gasteiger partial charge in [0, 0.05) is 0 Å². The monoisotopic (exact) mass is 438 g/mol. The number of rotatable bonds is 8. The summed E-state index contributed by atoms with van der Waals surface area (Å²) >= 11 is 0. The fraction of sp³-hybridized carbons (Fsp3) is 1.00. The molecule has 1 aliphatic rings. The van der Waals surface area contributed by atoms with Crippen LogP contribution < -0.4 is 27.9 Å². The number of hydrogen-bond acceptors (Lipinski definition) is 6. The number of hydrogen-bond donors (Lipinski definition) is 6. The maximum Gasteiger partial charge on any atom is 0.344 e. The maximum atomic E-state index is 4.09. The standard InChI is InChI=1S/C12H42N6Si6/c1-19(2,3)13-23(14-20(4,5)6)17-24(18-23,15-21(7,8)9)16-22(10,11)12/h13-18H,1-12H3. The van der Waals surface area contributed by atoms with Gasteiger partial charge in [0.1, 0.15) is 32.9 Å². The van der Waals surface area contributed by atoms with E-state index in [0.29, 0.717) is 0 Å². The lowest BCUT2D eigenvalue weighted by Crippen LogP contribution is -3.11. The Morgan fingerprint density at radius 1 is 0.417 bits per heavy atom. The van der Waals surface area contributed by atoms with Crippen molar-refractivity contribution in [2.45, 2.75) is 78.6 Å². The molecule has 0 aromatic heterocycles. The lowest BCUT2D eigenvalue weighted by Gasteiger charge is -2.60.